The Morgan fingerprint density at radius 3 is 2.05 bits per heavy atom. The molecule has 0 saturated heterocycles. The van der Waals surface area contributed by atoms with Crippen LogP contribution in [0.5, 0.6) is 0 Å². The van der Waals surface area contributed by atoms with E-state index in [-0.39, 0.29) is 5.92 Å². The molecule has 1 amide bonds. The van der Waals surface area contributed by atoms with E-state index in [9.17, 15) is 14.4 Å². The Kier molecular flexibility index (Phi) is 7.18. The van der Waals surface area contributed by atoms with Crippen LogP contribution in [-0.4, -0.2) is 40.9 Å². The average Bonchev–Trinajstić information content (AvgIpc) is 2.24. The lowest BCUT2D eigenvalue weighted by atomic mass is 10.0. The molecule has 0 aliphatic heterocycles. The third kappa shape index (κ3) is 8.88. The fraction of sp³-hybridized carbons (Fsp3) is 0.786. The highest BCUT2D eigenvalue weighted by Crippen LogP contribution is 2.11. The van der Waals surface area contributed by atoms with Crippen LogP contribution in [-0.2, 0) is 19.1 Å². The highest BCUT2D eigenvalue weighted by molar-refractivity contribution is 5.84. The van der Waals surface area contributed by atoms with Crippen LogP contribution in [0, 0.1) is 5.92 Å². The van der Waals surface area contributed by atoms with Crippen LogP contribution in [0.15, 0.2) is 0 Å². The summed E-state index contributed by atoms with van der Waals surface area (Å²) in [5.74, 6) is -1.93. The maximum Gasteiger partial charge on any atom is 0.408 e. The van der Waals surface area contributed by atoms with Gasteiger partial charge < -0.3 is 19.9 Å². The van der Waals surface area contributed by atoms with E-state index in [4.69, 9.17) is 14.6 Å². The fourth-order valence-corrected chi connectivity index (χ4v) is 1.44. The molecule has 0 aromatic rings. The Morgan fingerprint density at radius 1 is 1.14 bits per heavy atom. The second-order valence-corrected chi connectivity index (χ2v) is 6.25. The number of hydrogen-bond donors (Lipinski definition) is 2. The third-order valence-corrected chi connectivity index (χ3v) is 2.32. The van der Waals surface area contributed by atoms with Crippen LogP contribution in [0.4, 0.5) is 4.79 Å². The summed E-state index contributed by atoms with van der Waals surface area (Å²) in [4.78, 5) is 34.4. The first kappa shape index (κ1) is 19.2. The van der Waals surface area contributed by atoms with Gasteiger partial charge in [0.05, 0.1) is 0 Å². The van der Waals surface area contributed by atoms with Gasteiger partial charge in [0, 0.05) is 0 Å². The number of carbonyl (C=O) groups excluding carboxylic acids is 2. The number of alkyl carbamates (subject to hydrolysis) is 1. The number of ether oxygens (including phenoxy) is 2. The summed E-state index contributed by atoms with van der Waals surface area (Å²) < 4.78 is 9.88. The van der Waals surface area contributed by atoms with Gasteiger partial charge in [0.2, 0.25) is 0 Å². The van der Waals surface area contributed by atoms with E-state index < -0.39 is 35.8 Å². The van der Waals surface area contributed by atoms with Gasteiger partial charge in [0.15, 0.2) is 6.10 Å². The van der Waals surface area contributed by atoms with Crippen molar-refractivity contribution in [1.82, 2.24) is 5.32 Å². The molecule has 0 spiro atoms. The van der Waals surface area contributed by atoms with E-state index in [1.54, 1.807) is 20.8 Å². The maximum absolute atomic E-state index is 11.9. The normalized spacial score (nSPS) is 14.2. The average molecular weight is 303 g/mol. The predicted molar refractivity (Wildman–Crippen MR) is 75.8 cm³/mol. The lowest BCUT2D eigenvalue weighted by Crippen LogP contribution is -2.46. The monoisotopic (exact) mass is 303 g/mol. The minimum Gasteiger partial charge on any atom is -0.479 e. The van der Waals surface area contributed by atoms with Crippen LogP contribution < -0.4 is 5.32 Å². The summed E-state index contributed by atoms with van der Waals surface area (Å²) in [6.45, 7) is 10.1. The molecule has 7 heteroatoms. The molecule has 2 atom stereocenters. The van der Waals surface area contributed by atoms with Crippen molar-refractivity contribution in [2.24, 2.45) is 5.92 Å². The number of carboxylic acids is 1. The maximum atomic E-state index is 11.9. The van der Waals surface area contributed by atoms with Crippen molar-refractivity contribution in [1.29, 1.82) is 0 Å². The highest BCUT2D eigenvalue weighted by Gasteiger charge is 2.28. The molecule has 0 radical (unpaired) electrons. The van der Waals surface area contributed by atoms with Crippen molar-refractivity contribution in [2.75, 3.05) is 0 Å². The van der Waals surface area contributed by atoms with Crippen LogP contribution in [0.25, 0.3) is 0 Å². The molecule has 0 saturated carbocycles. The molecule has 0 aromatic carbocycles. The summed E-state index contributed by atoms with van der Waals surface area (Å²) in [7, 11) is 0. The van der Waals surface area contributed by atoms with Crippen LogP contribution >= 0.6 is 0 Å². The summed E-state index contributed by atoms with van der Waals surface area (Å²) in [5, 5.41) is 11.2. The zero-order chi connectivity index (χ0) is 16.8. The van der Waals surface area contributed by atoms with E-state index >= 15 is 0 Å². The fourth-order valence-electron chi connectivity index (χ4n) is 1.44. The van der Waals surface area contributed by atoms with Crippen molar-refractivity contribution in [3.8, 4) is 0 Å². The Labute approximate surface area is 125 Å². The molecule has 0 fully saturated rings. The van der Waals surface area contributed by atoms with Crippen molar-refractivity contribution >= 4 is 18.0 Å². The highest BCUT2D eigenvalue weighted by atomic mass is 16.6. The van der Waals surface area contributed by atoms with E-state index in [1.807, 2.05) is 13.8 Å². The summed E-state index contributed by atoms with van der Waals surface area (Å²) in [5.41, 5.74) is -0.690. The zero-order valence-electron chi connectivity index (χ0n) is 13.4. The summed E-state index contributed by atoms with van der Waals surface area (Å²) in [6.07, 6.45) is -1.69. The standard InChI is InChI=1S/C14H25NO6/c1-8(2)7-10(12(18)20-9(3)11(16)17)15-13(19)21-14(4,5)6/h8-10H,7H2,1-6H3,(H,15,19)(H,16,17). The first-order valence-corrected chi connectivity index (χ1v) is 6.85. The van der Waals surface area contributed by atoms with E-state index in [2.05, 4.69) is 5.32 Å². The first-order valence-electron chi connectivity index (χ1n) is 6.85. The van der Waals surface area contributed by atoms with Crippen molar-refractivity contribution < 1.29 is 29.0 Å². The first-order chi connectivity index (χ1) is 9.42. The largest absolute Gasteiger partial charge is 0.479 e. The Morgan fingerprint density at radius 2 is 1.67 bits per heavy atom. The molecule has 21 heavy (non-hydrogen) atoms. The lowest BCUT2D eigenvalue weighted by molar-refractivity contribution is -0.164. The SMILES string of the molecule is CC(C)CC(NC(=O)OC(C)(C)C)C(=O)OC(C)C(=O)O. The molecule has 0 aliphatic rings. The van der Waals surface area contributed by atoms with Gasteiger partial charge in [0.1, 0.15) is 11.6 Å². The topological polar surface area (TPSA) is 102 Å². The number of carboxylic acid groups (broad SMARTS) is 1. The number of aliphatic carboxylic acids is 1. The van der Waals surface area contributed by atoms with E-state index in [0.717, 1.165) is 0 Å². The predicted octanol–water partition coefficient (Wildman–Crippen LogP) is 1.94. The minimum atomic E-state index is -1.27. The van der Waals surface area contributed by atoms with Crippen LogP contribution in [0.2, 0.25) is 0 Å². The van der Waals surface area contributed by atoms with Crippen molar-refractivity contribution in [2.45, 2.75) is 65.7 Å². The number of rotatable bonds is 6. The van der Waals surface area contributed by atoms with Crippen LogP contribution in [0.1, 0.15) is 48.0 Å². The quantitative estimate of drug-likeness (QED) is 0.727. The number of nitrogens with one attached hydrogen (secondary N) is 1. The third-order valence-electron chi connectivity index (χ3n) is 2.32. The molecular formula is C14H25NO6. The van der Waals surface area contributed by atoms with Gasteiger partial charge in [-0.3, -0.25) is 0 Å². The van der Waals surface area contributed by atoms with Gasteiger partial charge >= 0.3 is 18.0 Å². The molecule has 0 aliphatic carbocycles. The minimum absolute atomic E-state index is 0.109. The van der Waals surface area contributed by atoms with Crippen LogP contribution in [0.3, 0.4) is 0 Å². The number of hydrogen-bond acceptors (Lipinski definition) is 5. The van der Waals surface area contributed by atoms with Gasteiger partial charge in [-0.05, 0) is 40.0 Å². The zero-order valence-corrected chi connectivity index (χ0v) is 13.4. The number of amides is 1. The van der Waals surface area contributed by atoms with Crippen molar-refractivity contribution in [3.05, 3.63) is 0 Å². The van der Waals surface area contributed by atoms with Gasteiger partial charge in [-0.15, -0.1) is 0 Å². The molecule has 0 heterocycles. The van der Waals surface area contributed by atoms with Crippen molar-refractivity contribution in [3.63, 3.8) is 0 Å². The van der Waals surface area contributed by atoms with E-state index in [0.29, 0.717) is 6.42 Å². The molecule has 122 valence electrons. The molecule has 0 bridgehead atoms. The summed E-state index contributed by atoms with van der Waals surface area (Å²) in [6, 6.07) is -0.943. The van der Waals surface area contributed by atoms with Gasteiger partial charge in [-0.1, -0.05) is 13.8 Å². The van der Waals surface area contributed by atoms with Gasteiger partial charge in [-0.2, -0.15) is 0 Å². The smallest absolute Gasteiger partial charge is 0.408 e. The van der Waals surface area contributed by atoms with Gasteiger partial charge in [-0.25, -0.2) is 14.4 Å². The van der Waals surface area contributed by atoms with Gasteiger partial charge in [0.25, 0.3) is 0 Å². The molecule has 0 rings (SSSR count). The molecule has 0 aromatic heterocycles. The summed E-state index contributed by atoms with van der Waals surface area (Å²) >= 11 is 0. The Balaban J connectivity index is 4.75. The second kappa shape index (κ2) is 7.85. The number of carbonyl (C=O) groups is 3. The second-order valence-electron chi connectivity index (χ2n) is 6.25. The molecule has 2 unspecified atom stereocenters. The van der Waals surface area contributed by atoms with E-state index in [1.165, 1.54) is 6.92 Å². The molecule has 7 nitrogen and oxygen atoms in total. The Bertz CT molecular complexity index is 385. The Hall–Kier alpha value is -1.79. The number of esters is 1. The lowest BCUT2D eigenvalue weighted by Gasteiger charge is -2.24. The molecular weight excluding hydrogens is 278 g/mol. The molecule has 2 N–H and O–H groups in total.